The molecule has 1 fully saturated rings. The molecule has 0 aliphatic heterocycles. The second-order valence-electron chi connectivity index (χ2n) is 6.66. The molecule has 3 rings (SSSR count). The third kappa shape index (κ3) is 2.76. The molecule has 0 heterocycles. The highest BCUT2D eigenvalue weighted by molar-refractivity contribution is 7.92. The molecular weight excluding hydrogens is 334 g/mol. The number of nitriles is 1. The lowest BCUT2D eigenvalue weighted by Gasteiger charge is -2.06. The molecule has 25 heavy (non-hydrogen) atoms. The summed E-state index contributed by atoms with van der Waals surface area (Å²) in [6, 6.07) is 16.3. The molecule has 2 aromatic carbocycles. The first-order chi connectivity index (χ1) is 11.9. The highest BCUT2D eigenvalue weighted by Crippen LogP contribution is 2.63. The first kappa shape index (κ1) is 17.7. The number of hydrogen-bond donors (Lipinski definition) is 1. The van der Waals surface area contributed by atoms with Gasteiger partial charge in [0.1, 0.15) is 5.41 Å². The quantitative estimate of drug-likeness (QED) is 0.894. The van der Waals surface area contributed by atoms with Crippen LogP contribution in [-0.2, 0) is 16.3 Å². The van der Waals surface area contributed by atoms with Crippen LogP contribution in [0.25, 0.3) is 0 Å². The second-order valence-corrected chi connectivity index (χ2v) is 8.73. The van der Waals surface area contributed by atoms with Crippen molar-refractivity contribution in [1.29, 1.82) is 5.26 Å². The summed E-state index contributed by atoms with van der Waals surface area (Å²) in [5.74, 6) is -0.514. The molecule has 0 spiro atoms. The van der Waals surface area contributed by atoms with E-state index in [1.54, 1.807) is 24.3 Å². The molecule has 1 aliphatic rings. The van der Waals surface area contributed by atoms with E-state index in [0.717, 1.165) is 23.1 Å². The van der Waals surface area contributed by atoms with Crippen molar-refractivity contribution in [2.75, 3.05) is 6.61 Å². The average Bonchev–Trinajstić information content (AvgIpc) is 3.33. The number of hydrogen-bond acceptors (Lipinski definition) is 4. The van der Waals surface area contributed by atoms with Gasteiger partial charge >= 0.3 is 0 Å². The van der Waals surface area contributed by atoms with Crippen LogP contribution >= 0.6 is 0 Å². The van der Waals surface area contributed by atoms with Gasteiger partial charge in [0, 0.05) is 5.92 Å². The molecule has 3 atom stereocenters. The van der Waals surface area contributed by atoms with Crippen LogP contribution in [0.1, 0.15) is 29.5 Å². The van der Waals surface area contributed by atoms with Crippen LogP contribution in [0.4, 0.5) is 0 Å². The van der Waals surface area contributed by atoms with Gasteiger partial charge in [0.2, 0.25) is 0 Å². The first-order valence-electron chi connectivity index (χ1n) is 8.32. The number of sulfone groups is 1. The minimum absolute atomic E-state index is 0.198. The Bertz CT molecular complexity index is 911. The summed E-state index contributed by atoms with van der Waals surface area (Å²) in [5.41, 5.74) is 1.62. The Balaban J connectivity index is 2.04. The number of aryl methyl sites for hydroxylation is 2. The van der Waals surface area contributed by atoms with Crippen molar-refractivity contribution in [3.05, 3.63) is 65.2 Å². The summed E-state index contributed by atoms with van der Waals surface area (Å²) in [7, 11) is -3.71. The Morgan fingerprint density at radius 3 is 2.20 bits per heavy atom. The van der Waals surface area contributed by atoms with Crippen molar-refractivity contribution in [3.63, 3.8) is 0 Å². The maximum Gasteiger partial charge on any atom is 0.183 e. The van der Waals surface area contributed by atoms with Crippen LogP contribution < -0.4 is 0 Å². The maximum absolute atomic E-state index is 13.1. The van der Waals surface area contributed by atoms with Crippen molar-refractivity contribution >= 4 is 9.84 Å². The number of aliphatic hydroxyl groups is 1. The lowest BCUT2D eigenvalue weighted by Crippen LogP contribution is -2.18. The Morgan fingerprint density at radius 1 is 1.12 bits per heavy atom. The van der Waals surface area contributed by atoms with E-state index < -0.39 is 33.0 Å². The third-order valence-corrected chi connectivity index (χ3v) is 7.45. The summed E-state index contributed by atoms with van der Waals surface area (Å²) in [6.07, 6.45) is 0.888. The fourth-order valence-corrected chi connectivity index (χ4v) is 5.84. The lowest BCUT2D eigenvalue weighted by molar-refractivity contribution is 0.242. The van der Waals surface area contributed by atoms with Crippen molar-refractivity contribution < 1.29 is 13.5 Å². The second kappa shape index (κ2) is 6.29. The minimum Gasteiger partial charge on any atom is -0.395 e. The van der Waals surface area contributed by atoms with Gasteiger partial charge in [-0.05, 0) is 36.6 Å². The lowest BCUT2D eigenvalue weighted by atomic mass is 10.00. The zero-order valence-corrected chi connectivity index (χ0v) is 15.1. The highest BCUT2D eigenvalue weighted by Gasteiger charge is 2.72. The maximum atomic E-state index is 13.1. The molecule has 0 amide bonds. The zero-order chi connectivity index (χ0) is 18.2. The summed E-state index contributed by atoms with van der Waals surface area (Å²) in [6.45, 7) is 3.46. The molecule has 0 bridgehead atoms. The van der Waals surface area contributed by atoms with E-state index in [-0.39, 0.29) is 4.90 Å². The van der Waals surface area contributed by atoms with Gasteiger partial charge in [-0.3, -0.25) is 0 Å². The largest absolute Gasteiger partial charge is 0.395 e. The molecule has 0 radical (unpaired) electrons. The number of rotatable bonds is 5. The van der Waals surface area contributed by atoms with E-state index in [1.165, 1.54) is 0 Å². The van der Waals surface area contributed by atoms with E-state index in [2.05, 4.69) is 6.07 Å². The molecule has 130 valence electrons. The Labute approximate surface area is 148 Å². The zero-order valence-electron chi connectivity index (χ0n) is 14.3. The first-order valence-corrected chi connectivity index (χ1v) is 9.87. The highest BCUT2D eigenvalue weighted by atomic mass is 32.2. The van der Waals surface area contributed by atoms with Crippen LogP contribution in [0.3, 0.4) is 0 Å². The van der Waals surface area contributed by atoms with E-state index in [0.29, 0.717) is 0 Å². The van der Waals surface area contributed by atoms with E-state index in [4.69, 9.17) is 0 Å². The molecule has 1 saturated carbocycles. The standard InChI is InChI=1S/C20H21NO3S/c1-3-15-6-8-16(9-7-15)18-19(20(18,12-21)13-22)25(23,24)17-10-4-14(2)5-11-17/h4-11,18-19,22H,3,13H2,1-2H3/t18-,19+,20-/m1/s1. The van der Waals surface area contributed by atoms with E-state index >= 15 is 0 Å². The van der Waals surface area contributed by atoms with Crippen molar-refractivity contribution in [1.82, 2.24) is 0 Å². The van der Waals surface area contributed by atoms with Crippen molar-refractivity contribution in [3.8, 4) is 6.07 Å². The van der Waals surface area contributed by atoms with Gasteiger partial charge in [0.05, 0.1) is 22.8 Å². The van der Waals surface area contributed by atoms with Crippen LogP contribution in [0, 0.1) is 23.7 Å². The monoisotopic (exact) mass is 355 g/mol. The van der Waals surface area contributed by atoms with Crippen LogP contribution in [0.2, 0.25) is 0 Å². The van der Waals surface area contributed by atoms with Crippen LogP contribution in [-0.4, -0.2) is 25.4 Å². The molecule has 0 unspecified atom stereocenters. The molecule has 0 saturated heterocycles. The predicted molar refractivity (Wildman–Crippen MR) is 95.8 cm³/mol. The van der Waals surface area contributed by atoms with Gasteiger partial charge in [-0.2, -0.15) is 5.26 Å². The molecule has 1 aliphatic carbocycles. The van der Waals surface area contributed by atoms with Gasteiger partial charge in [0.15, 0.2) is 9.84 Å². The number of nitrogens with zero attached hydrogens (tertiary/aromatic N) is 1. The normalized spacial score (nSPS) is 25.4. The molecule has 1 N–H and O–H groups in total. The molecule has 2 aromatic rings. The topological polar surface area (TPSA) is 78.2 Å². The number of benzene rings is 2. The SMILES string of the molecule is CCc1ccc([C@@H]2[C@H](S(=O)(=O)c3ccc(C)cc3)[C@]2(C#N)CO)cc1. The van der Waals surface area contributed by atoms with E-state index in [1.807, 2.05) is 38.1 Å². The average molecular weight is 355 g/mol. The van der Waals surface area contributed by atoms with Gasteiger partial charge in [0.25, 0.3) is 0 Å². The summed E-state index contributed by atoms with van der Waals surface area (Å²) < 4.78 is 26.2. The molecular formula is C20H21NO3S. The van der Waals surface area contributed by atoms with Crippen molar-refractivity contribution in [2.24, 2.45) is 5.41 Å². The number of aliphatic hydroxyl groups excluding tert-OH is 1. The Hall–Kier alpha value is -2.16. The van der Waals surface area contributed by atoms with Crippen LogP contribution in [0.5, 0.6) is 0 Å². The summed E-state index contributed by atoms with van der Waals surface area (Å²) >= 11 is 0. The predicted octanol–water partition coefficient (Wildman–Crippen LogP) is 3.00. The summed E-state index contributed by atoms with van der Waals surface area (Å²) in [4.78, 5) is 0.198. The Morgan fingerprint density at radius 2 is 1.72 bits per heavy atom. The fraction of sp³-hybridized carbons (Fsp3) is 0.350. The van der Waals surface area contributed by atoms with Gasteiger partial charge < -0.3 is 5.11 Å². The van der Waals surface area contributed by atoms with Crippen LogP contribution in [0.15, 0.2) is 53.4 Å². The third-order valence-electron chi connectivity index (χ3n) is 5.16. The van der Waals surface area contributed by atoms with Gasteiger partial charge in [-0.1, -0.05) is 48.9 Å². The van der Waals surface area contributed by atoms with Gasteiger partial charge in [-0.15, -0.1) is 0 Å². The molecule has 5 heteroatoms. The molecule has 4 nitrogen and oxygen atoms in total. The Kier molecular flexibility index (Phi) is 4.44. The summed E-state index contributed by atoms with van der Waals surface area (Å²) in [5, 5.41) is 18.5. The fourth-order valence-electron chi connectivity index (χ4n) is 3.53. The minimum atomic E-state index is -3.71. The van der Waals surface area contributed by atoms with E-state index in [9.17, 15) is 18.8 Å². The smallest absolute Gasteiger partial charge is 0.183 e. The molecule has 0 aromatic heterocycles. The van der Waals surface area contributed by atoms with Gasteiger partial charge in [-0.25, -0.2) is 8.42 Å². The van der Waals surface area contributed by atoms with Crippen molar-refractivity contribution in [2.45, 2.75) is 36.3 Å².